The Morgan fingerprint density at radius 1 is 0.822 bits per heavy atom. The normalized spacial score (nSPS) is 38.0. The minimum absolute atomic E-state index is 0.0497. The van der Waals surface area contributed by atoms with Crippen molar-refractivity contribution in [1.29, 1.82) is 0 Å². The molecule has 8 N–H and O–H groups in total. The molecule has 3 saturated heterocycles. The second-order valence-electron chi connectivity index (χ2n) is 10.5. The number of aliphatic hydroxyl groups is 2. The smallest absolute Gasteiger partial charge is 0.397 e. The number of phosphoric ester groups is 1. The molecule has 3 fully saturated rings. The third-order valence-electron chi connectivity index (χ3n) is 7.53. The zero-order valence-electron chi connectivity index (χ0n) is 22.9. The van der Waals surface area contributed by atoms with Gasteiger partial charge in [-0.25, -0.2) is 29.5 Å². The number of fused-ring (bicyclic) bond motifs is 6. The topological polar surface area (TPSA) is 297 Å². The van der Waals surface area contributed by atoms with E-state index in [1.807, 2.05) is 0 Å². The second kappa shape index (κ2) is 11.3. The van der Waals surface area contributed by atoms with Crippen LogP contribution in [0.25, 0.3) is 22.3 Å². The molecule has 4 aromatic rings. The summed E-state index contributed by atoms with van der Waals surface area (Å²) in [5.74, 6) is 0.0497. The molecule has 4 bridgehead atoms. The third kappa shape index (κ3) is 5.50. The molecule has 23 heteroatoms. The van der Waals surface area contributed by atoms with Crippen molar-refractivity contribution in [1.82, 2.24) is 34.1 Å². The first-order valence-corrected chi connectivity index (χ1v) is 16.6. The number of hydrogen-bond acceptors (Lipinski definition) is 17. The monoisotopic (exact) mass is 671 g/mol. The lowest BCUT2D eigenvalue weighted by Gasteiger charge is -2.25. The highest BCUT2D eigenvalue weighted by Crippen LogP contribution is 2.52. The molecule has 0 radical (unpaired) electrons. The van der Waals surface area contributed by atoms with Gasteiger partial charge in [0.15, 0.2) is 29.6 Å². The van der Waals surface area contributed by atoms with E-state index in [1.165, 1.54) is 40.4 Å². The number of nitrogen functional groups attached to an aromatic ring is 2. The fourth-order valence-corrected chi connectivity index (χ4v) is 7.38. The van der Waals surface area contributed by atoms with E-state index >= 15 is 0 Å². The van der Waals surface area contributed by atoms with Gasteiger partial charge in [0, 0.05) is 6.20 Å². The average Bonchev–Trinajstić information content (AvgIpc) is 3.74. The van der Waals surface area contributed by atoms with Gasteiger partial charge < -0.3 is 45.7 Å². The van der Waals surface area contributed by atoms with Crippen LogP contribution in [0.2, 0.25) is 0 Å². The van der Waals surface area contributed by atoms with E-state index in [4.69, 9.17) is 39.2 Å². The van der Waals surface area contributed by atoms with Crippen LogP contribution in [0.15, 0.2) is 31.2 Å². The van der Waals surface area contributed by atoms with Gasteiger partial charge in [0.05, 0.1) is 31.6 Å². The molecule has 7 heterocycles. The van der Waals surface area contributed by atoms with Gasteiger partial charge in [-0.3, -0.25) is 27.3 Å². The zero-order valence-corrected chi connectivity index (χ0v) is 24.7. The van der Waals surface area contributed by atoms with E-state index in [9.17, 15) is 29.1 Å². The minimum atomic E-state index is -5.03. The Hall–Kier alpha value is -3.17. The molecule has 4 aromatic heterocycles. The maximum absolute atomic E-state index is 13.2. The summed E-state index contributed by atoms with van der Waals surface area (Å²) in [6.07, 6.45) is -7.42. The first-order valence-electron chi connectivity index (χ1n) is 13.3. The van der Waals surface area contributed by atoms with Crippen molar-refractivity contribution in [3.05, 3.63) is 31.2 Å². The lowest BCUT2D eigenvalue weighted by Crippen LogP contribution is -2.36. The summed E-state index contributed by atoms with van der Waals surface area (Å²) in [6, 6.07) is 1.52. The van der Waals surface area contributed by atoms with Gasteiger partial charge in [-0.05, 0) is 6.07 Å². The molecular formula is C22H27N9O12P2. The average molecular weight is 671 g/mol. The Morgan fingerprint density at radius 2 is 1.44 bits per heavy atom. The molecule has 21 nitrogen and oxygen atoms in total. The lowest BCUT2D eigenvalue weighted by molar-refractivity contribution is -0.0641. The molecule has 0 aromatic carbocycles. The van der Waals surface area contributed by atoms with Crippen LogP contribution in [-0.2, 0) is 36.9 Å². The van der Waals surface area contributed by atoms with Crippen LogP contribution in [0.1, 0.15) is 12.5 Å². The SMILES string of the molecule is Nc1ncnc2c1ncn2[C@@H]1O[C@@H]2COCP(=O)(O)O[C@H]3C(O)[C@@H](COP(=O)(O)O[C@@H]1C2O)O[C@H]3n1cnc2c(N)ccnc21. The predicted molar refractivity (Wildman–Crippen MR) is 148 cm³/mol. The summed E-state index contributed by atoms with van der Waals surface area (Å²) in [4.78, 5) is 42.0. The first kappa shape index (κ1) is 30.5. The summed E-state index contributed by atoms with van der Waals surface area (Å²) in [5.41, 5.74) is 13.0. The van der Waals surface area contributed by atoms with Crippen LogP contribution in [-0.4, -0.2) is 110 Å². The number of anilines is 2. The van der Waals surface area contributed by atoms with E-state index in [0.717, 1.165) is 0 Å². The highest BCUT2D eigenvalue weighted by Gasteiger charge is 2.53. The maximum atomic E-state index is 13.2. The van der Waals surface area contributed by atoms with Gasteiger partial charge in [0.2, 0.25) is 0 Å². The molecule has 242 valence electrons. The summed E-state index contributed by atoms with van der Waals surface area (Å²) >= 11 is 0. The van der Waals surface area contributed by atoms with Gasteiger partial charge in [-0.15, -0.1) is 0 Å². The van der Waals surface area contributed by atoms with E-state index in [2.05, 4.69) is 24.9 Å². The molecule has 4 unspecified atom stereocenters. The van der Waals surface area contributed by atoms with Crippen LogP contribution in [0.4, 0.5) is 11.5 Å². The number of nitrogens with two attached hydrogens (primary N) is 2. The molecule has 0 saturated carbocycles. The minimum Gasteiger partial charge on any atom is -0.397 e. The van der Waals surface area contributed by atoms with Crippen molar-refractivity contribution < 1.29 is 56.9 Å². The van der Waals surface area contributed by atoms with Crippen LogP contribution >= 0.6 is 15.4 Å². The highest BCUT2D eigenvalue weighted by molar-refractivity contribution is 7.52. The summed E-state index contributed by atoms with van der Waals surface area (Å²) < 4.78 is 62.3. The third-order valence-corrected chi connectivity index (χ3v) is 9.60. The summed E-state index contributed by atoms with van der Waals surface area (Å²) in [7, 11) is -9.67. The fraction of sp³-hybridized carbons (Fsp3) is 0.500. The molecule has 0 aliphatic carbocycles. The van der Waals surface area contributed by atoms with Crippen molar-refractivity contribution in [3.63, 3.8) is 0 Å². The number of imidazole rings is 2. The highest BCUT2D eigenvalue weighted by atomic mass is 31.2. The van der Waals surface area contributed by atoms with Crippen LogP contribution in [0, 0.1) is 0 Å². The van der Waals surface area contributed by atoms with E-state index < -0.39 is 84.1 Å². The maximum Gasteiger partial charge on any atom is 0.472 e. The van der Waals surface area contributed by atoms with E-state index in [-0.39, 0.29) is 22.6 Å². The van der Waals surface area contributed by atoms with Crippen LogP contribution in [0.5, 0.6) is 0 Å². The molecule has 45 heavy (non-hydrogen) atoms. The standard InChI is InChI=1S/C22H27N9O12P2/c23-9-1-2-25-19-12(9)28-6-30(19)21-16-15(33)11(41-21)4-39-45(36,37)43-17-14(32)10(3-38-8-44(34,35)42-16)40-22(17)31-7-29-13-18(24)26-5-27-20(13)31/h1-2,5-7,10-11,14-17,21-22,32-33H,3-4,8H2,(H2,23,25)(H,34,35)(H,36,37)(H2,24,26,27)/t10-,11-,14?,15?,16+,17-,21-,22-/m1/s1. The van der Waals surface area contributed by atoms with Crippen molar-refractivity contribution in [2.45, 2.75) is 49.1 Å². The number of ether oxygens (including phenoxy) is 3. The Bertz CT molecular complexity index is 1840. The number of nitrogens with zero attached hydrogens (tertiary/aromatic N) is 7. The van der Waals surface area contributed by atoms with Gasteiger partial charge in [-0.2, -0.15) is 0 Å². The quantitative estimate of drug-likeness (QED) is 0.139. The molecular weight excluding hydrogens is 644 g/mol. The van der Waals surface area contributed by atoms with Crippen molar-refractivity contribution >= 4 is 49.3 Å². The van der Waals surface area contributed by atoms with Gasteiger partial charge in [0.1, 0.15) is 60.3 Å². The van der Waals surface area contributed by atoms with Crippen LogP contribution in [0.3, 0.4) is 0 Å². The molecule has 0 amide bonds. The summed E-state index contributed by atoms with van der Waals surface area (Å²) in [6.45, 7) is -1.24. The predicted octanol–water partition coefficient (Wildman–Crippen LogP) is -0.987. The number of hydrogen-bond donors (Lipinski definition) is 6. The Labute approximate surface area is 251 Å². The first-order chi connectivity index (χ1) is 21.4. The molecule has 7 rings (SSSR count). The lowest BCUT2D eigenvalue weighted by atomic mass is 10.1. The molecule has 10 atom stereocenters. The number of aromatic nitrogens is 7. The zero-order chi connectivity index (χ0) is 31.7. The second-order valence-corrected chi connectivity index (χ2v) is 13.6. The van der Waals surface area contributed by atoms with Crippen molar-refractivity contribution in [3.8, 4) is 0 Å². The largest absolute Gasteiger partial charge is 0.472 e. The van der Waals surface area contributed by atoms with Gasteiger partial charge in [-0.1, -0.05) is 0 Å². The van der Waals surface area contributed by atoms with Gasteiger partial charge >= 0.3 is 15.4 Å². The molecule has 3 aliphatic rings. The fourth-order valence-electron chi connectivity index (χ4n) is 5.44. The molecule has 3 aliphatic heterocycles. The number of aliphatic hydroxyl groups excluding tert-OH is 2. The Balaban J connectivity index is 1.21. The number of pyridine rings is 1. The Morgan fingerprint density at radius 3 is 2.16 bits per heavy atom. The molecule has 0 spiro atoms. The van der Waals surface area contributed by atoms with E-state index in [0.29, 0.717) is 11.2 Å². The van der Waals surface area contributed by atoms with Crippen molar-refractivity contribution in [2.75, 3.05) is 31.0 Å². The van der Waals surface area contributed by atoms with E-state index in [1.54, 1.807) is 0 Å². The van der Waals surface area contributed by atoms with Crippen LogP contribution < -0.4 is 11.5 Å². The van der Waals surface area contributed by atoms with Crippen molar-refractivity contribution in [2.24, 2.45) is 0 Å². The summed E-state index contributed by atoms with van der Waals surface area (Å²) in [5, 5.41) is 22.2. The Kier molecular flexibility index (Phi) is 7.63. The number of rotatable bonds is 2. The number of phosphoric acid groups is 1. The van der Waals surface area contributed by atoms with Gasteiger partial charge in [0.25, 0.3) is 0 Å².